The second-order valence-corrected chi connectivity index (χ2v) is 10.9. The van der Waals surface area contributed by atoms with E-state index in [1.807, 2.05) is 65.6 Å². The van der Waals surface area contributed by atoms with Gasteiger partial charge in [-0.25, -0.2) is 12.7 Å². The topological polar surface area (TPSA) is 76.2 Å². The standard InChI is InChI=1S/C25H32N2O5S/c28-24(26-14-16-31-17-15-26)18-25(21-32-23-10-5-2-6-11-23)12-7-13-27(20-25)33(29,30)19-22-8-3-1-4-9-22/h1-6,8-11H,7,12-21H2/t25-/m1/s1. The number of morpholine rings is 1. The molecule has 0 radical (unpaired) electrons. The van der Waals surface area contributed by atoms with Gasteiger partial charge in [0.25, 0.3) is 0 Å². The Morgan fingerprint density at radius 2 is 1.64 bits per heavy atom. The van der Waals surface area contributed by atoms with Crippen LogP contribution in [0, 0.1) is 5.41 Å². The van der Waals surface area contributed by atoms with Gasteiger partial charge in [0.05, 0.1) is 25.6 Å². The van der Waals surface area contributed by atoms with Crippen LogP contribution in [0.5, 0.6) is 5.75 Å². The molecule has 4 rings (SSSR count). The first-order valence-electron chi connectivity index (χ1n) is 11.5. The first-order chi connectivity index (χ1) is 16.0. The summed E-state index contributed by atoms with van der Waals surface area (Å²) in [4.78, 5) is 15.0. The van der Waals surface area contributed by atoms with Gasteiger partial charge in [0.1, 0.15) is 5.75 Å². The molecule has 0 N–H and O–H groups in total. The van der Waals surface area contributed by atoms with E-state index in [1.165, 1.54) is 0 Å². The molecular formula is C25H32N2O5S. The molecule has 0 aliphatic carbocycles. The van der Waals surface area contributed by atoms with E-state index in [2.05, 4.69) is 0 Å². The molecular weight excluding hydrogens is 440 g/mol. The van der Waals surface area contributed by atoms with Crippen molar-refractivity contribution < 1.29 is 22.7 Å². The summed E-state index contributed by atoms with van der Waals surface area (Å²) in [6.07, 6.45) is 1.70. The molecule has 7 nitrogen and oxygen atoms in total. The van der Waals surface area contributed by atoms with Crippen molar-refractivity contribution >= 4 is 15.9 Å². The van der Waals surface area contributed by atoms with Crippen LogP contribution in [0.3, 0.4) is 0 Å². The highest BCUT2D eigenvalue weighted by Crippen LogP contribution is 2.37. The van der Waals surface area contributed by atoms with Gasteiger partial charge in [-0.15, -0.1) is 0 Å². The van der Waals surface area contributed by atoms with Gasteiger partial charge in [-0.1, -0.05) is 48.5 Å². The fraction of sp³-hybridized carbons (Fsp3) is 0.480. The predicted molar refractivity (Wildman–Crippen MR) is 126 cm³/mol. The number of carbonyl (C=O) groups excluding carboxylic acids is 1. The molecule has 2 fully saturated rings. The second kappa shape index (κ2) is 10.7. The van der Waals surface area contributed by atoms with Crippen LogP contribution in [0.1, 0.15) is 24.8 Å². The molecule has 8 heteroatoms. The van der Waals surface area contributed by atoms with Crippen LogP contribution in [0.4, 0.5) is 0 Å². The Hall–Kier alpha value is -2.42. The highest BCUT2D eigenvalue weighted by atomic mass is 32.2. The normalized spacial score (nSPS) is 22.1. The average Bonchev–Trinajstić information content (AvgIpc) is 2.84. The number of piperidine rings is 1. The molecule has 1 amide bonds. The minimum Gasteiger partial charge on any atom is -0.493 e. The maximum Gasteiger partial charge on any atom is 0.223 e. The van der Waals surface area contributed by atoms with E-state index < -0.39 is 15.4 Å². The summed E-state index contributed by atoms with van der Waals surface area (Å²) in [6, 6.07) is 18.7. The Balaban J connectivity index is 1.52. The van der Waals surface area contributed by atoms with E-state index in [4.69, 9.17) is 9.47 Å². The van der Waals surface area contributed by atoms with Gasteiger partial charge in [0.15, 0.2) is 0 Å². The molecule has 2 aliphatic rings. The highest BCUT2D eigenvalue weighted by Gasteiger charge is 2.42. The fourth-order valence-corrected chi connectivity index (χ4v) is 6.26. The number of amides is 1. The van der Waals surface area contributed by atoms with Crippen LogP contribution in [0.25, 0.3) is 0 Å². The van der Waals surface area contributed by atoms with Gasteiger partial charge in [-0.2, -0.15) is 0 Å². The molecule has 0 spiro atoms. The van der Waals surface area contributed by atoms with Crippen molar-refractivity contribution in [1.82, 2.24) is 9.21 Å². The zero-order chi connectivity index (χ0) is 23.2. The molecule has 2 aromatic carbocycles. The molecule has 2 aliphatic heterocycles. The Kier molecular flexibility index (Phi) is 7.67. The van der Waals surface area contributed by atoms with Crippen LogP contribution < -0.4 is 4.74 Å². The van der Waals surface area contributed by atoms with Crippen LogP contribution >= 0.6 is 0 Å². The Bertz CT molecular complexity index is 1010. The summed E-state index contributed by atoms with van der Waals surface area (Å²) in [5.74, 6) is 0.721. The van der Waals surface area contributed by atoms with Gasteiger partial charge < -0.3 is 14.4 Å². The van der Waals surface area contributed by atoms with E-state index in [0.29, 0.717) is 45.9 Å². The quantitative estimate of drug-likeness (QED) is 0.591. The fourth-order valence-electron chi connectivity index (χ4n) is 4.59. The molecule has 2 aromatic rings. The van der Waals surface area contributed by atoms with Crippen molar-refractivity contribution in [2.75, 3.05) is 46.0 Å². The first-order valence-corrected chi connectivity index (χ1v) is 13.1. The molecule has 0 aromatic heterocycles. The van der Waals surface area contributed by atoms with Gasteiger partial charge >= 0.3 is 0 Å². The minimum absolute atomic E-state index is 0.0391. The van der Waals surface area contributed by atoms with Gasteiger partial charge in [-0.3, -0.25) is 4.79 Å². The minimum atomic E-state index is -3.52. The summed E-state index contributed by atoms with van der Waals surface area (Å²) in [5.41, 5.74) is 0.186. The largest absolute Gasteiger partial charge is 0.493 e. The van der Waals surface area contributed by atoms with Crippen LogP contribution in [0.2, 0.25) is 0 Å². The number of hydrogen-bond donors (Lipinski definition) is 0. The van der Waals surface area contributed by atoms with Gasteiger partial charge in [0.2, 0.25) is 15.9 Å². The van der Waals surface area contributed by atoms with Crippen molar-refractivity contribution in [3.8, 4) is 5.75 Å². The maximum atomic E-state index is 13.3. The zero-order valence-corrected chi connectivity index (χ0v) is 19.7. The van der Waals surface area contributed by atoms with Crippen molar-refractivity contribution in [3.05, 3.63) is 66.2 Å². The van der Waals surface area contributed by atoms with Crippen molar-refractivity contribution in [1.29, 1.82) is 0 Å². The van der Waals surface area contributed by atoms with E-state index in [1.54, 1.807) is 4.31 Å². The van der Waals surface area contributed by atoms with Crippen LogP contribution in [0.15, 0.2) is 60.7 Å². The lowest BCUT2D eigenvalue weighted by atomic mass is 9.78. The molecule has 0 saturated carbocycles. The Morgan fingerprint density at radius 3 is 2.33 bits per heavy atom. The third kappa shape index (κ3) is 6.34. The number of carbonyl (C=O) groups is 1. The van der Waals surface area contributed by atoms with Crippen molar-refractivity contribution in [3.63, 3.8) is 0 Å². The van der Waals surface area contributed by atoms with Crippen LogP contribution in [-0.2, 0) is 25.3 Å². The SMILES string of the molecule is O=C(C[C@]1(COc2ccccc2)CCCN(S(=O)(=O)Cc2ccccc2)C1)N1CCOCC1. The molecule has 178 valence electrons. The average molecular weight is 473 g/mol. The molecule has 1 atom stereocenters. The number of ether oxygens (including phenoxy) is 2. The van der Waals surface area contributed by atoms with E-state index in [9.17, 15) is 13.2 Å². The molecule has 0 bridgehead atoms. The van der Waals surface area contributed by atoms with E-state index in [0.717, 1.165) is 17.7 Å². The number of sulfonamides is 1. The number of benzene rings is 2. The first kappa shape index (κ1) is 23.7. The summed E-state index contributed by atoms with van der Waals surface area (Å²) in [6.45, 7) is 3.27. The lowest BCUT2D eigenvalue weighted by Crippen LogP contribution is -2.52. The zero-order valence-electron chi connectivity index (χ0n) is 18.9. The Morgan fingerprint density at radius 1 is 0.970 bits per heavy atom. The summed E-state index contributed by atoms with van der Waals surface area (Å²) in [7, 11) is -3.52. The number of para-hydroxylation sites is 1. The van der Waals surface area contributed by atoms with Gasteiger partial charge in [0, 0.05) is 38.0 Å². The van der Waals surface area contributed by atoms with E-state index >= 15 is 0 Å². The Labute approximate surface area is 196 Å². The molecule has 2 heterocycles. The predicted octanol–water partition coefficient (Wildman–Crippen LogP) is 2.93. The molecule has 2 saturated heterocycles. The van der Waals surface area contributed by atoms with Gasteiger partial charge in [-0.05, 0) is 30.5 Å². The van der Waals surface area contributed by atoms with Crippen molar-refractivity contribution in [2.24, 2.45) is 5.41 Å². The monoisotopic (exact) mass is 472 g/mol. The lowest BCUT2D eigenvalue weighted by molar-refractivity contribution is -0.139. The third-order valence-electron chi connectivity index (χ3n) is 6.39. The summed E-state index contributed by atoms with van der Waals surface area (Å²) >= 11 is 0. The smallest absolute Gasteiger partial charge is 0.223 e. The second-order valence-electron chi connectivity index (χ2n) is 8.95. The summed E-state index contributed by atoms with van der Waals surface area (Å²) < 4.78 is 39.6. The molecule has 33 heavy (non-hydrogen) atoms. The number of nitrogens with zero attached hydrogens (tertiary/aromatic N) is 2. The number of rotatable bonds is 8. The maximum absolute atomic E-state index is 13.3. The molecule has 0 unspecified atom stereocenters. The summed E-state index contributed by atoms with van der Waals surface area (Å²) in [5, 5.41) is 0. The third-order valence-corrected chi connectivity index (χ3v) is 8.19. The van der Waals surface area contributed by atoms with Crippen molar-refractivity contribution in [2.45, 2.75) is 25.0 Å². The van der Waals surface area contributed by atoms with E-state index in [-0.39, 0.29) is 24.6 Å². The lowest BCUT2D eigenvalue weighted by Gasteiger charge is -2.42. The highest BCUT2D eigenvalue weighted by molar-refractivity contribution is 7.88. The number of hydrogen-bond acceptors (Lipinski definition) is 5. The van der Waals surface area contributed by atoms with Crippen LogP contribution in [-0.4, -0.2) is 69.5 Å².